The number of hydrogen-bond donors (Lipinski definition) is 1. The van der Waals surface area contributed by atoms with Gasteiger partial charge in [-0.25, -0.2) is 4.39 Å². The zero-order valence-electron chi connectivity index (χ0n) is 17.2. The number of benzene rings is 1. The number of amides is 1. The van der Waals surface area contributed by atoms with E-state index in [1.54, 1.807) is 4.90 Å². The molecule has 0 spiro atoms. The number of rotatable bonds is 3. The molecule has 1 aromatic heterocycles. The highest BCUT2D eigenvalue weighted by Crippen LogP contribution is 2.40. The van der Waals surface area contributed by atoms with E-state index in [2.05, 4.69) is 21.7 Å². The third-order valence-electron chi connectivity index (χ3n) is 6.23. The molecule has 0 unspecified atom stereocenters. The molecule has 0 atom stereocenters. The molecule has 166 valence electrons. The number of fused-ring (bicyclic) bond motifs is 1. The van der Waals surface area contributed by atoms with Crippen LogP contribution in [0, 0.1) is 5.82 Å². The Bertz CT molecular complexity index is 1010. The first-order valence-electron chi connectivity index (χ1n) is 10.3. The Labute approximate surface area is 177 Å². The largest absolute Gasteiger partial charge is 0.419 e. The molecule has 0 saturated carbocycles. The van der Waals surface area contributed by atoms with Crippen LogP contribution in [-0.2, 0) is 19.1 Å². The molecule has 2 aromatic rings. The predicted molar refractivity (Wildman–Crippen MR) is 107 cm³/mol. The van der Waals surface area contributed by atoms with Crippen molar-refractivity contribution in [3.63, 3.8) is 0 Å². The third kappa shape index (κ3) is 4.05. The van der Waals surface area contributed by atoms with E-state index in [-0.39, 0.29) is 11.5 Å². The van der Waals surface area contributed by atoms with E-state index < -0.39 is 23.5 Å². The van der Waals surface area contributed by atoms with Crippen molar-refractivity contribution < 1.29 is 22.4 Å². The predicted octanol–water partition coefficient (Wildman–Crippen LogP) is 4.48. The zero-order chi connectivity index (χ0) is 22.3. The Kier molecular flexibility index (Phi) is 5.53. The van der Waals surface area contributed by atoms with Crippen molar-refractivity contribution in [2.24, 2.45) is 0 Å². The van der Waals surface area contributed by atoms with Gasteiger partial charge in [-0.1, -0.05) is 18.7 Å². The molecule has 31 heavy (non-hydrogen) atoms. The lowest BCUT2D eigenvalue weighted by Gasteiger charge is -2.33. The van der Waals surface area contributed by atoms with Crippen LogP contribution in [0.25, 0.3) is 0 Å². The van der Waals surface area contributed by atoms with Crippen LogP contribution in [0.2, 0.25) is 0 Å². The fourth-order valence-corrected chi connectivity index (χ4v) is 4.54. The van der Waals surface area contributed by atoms with Gasteiger partial charge in [-0.2, -0.15) is 18.3 Å². The summed E-state index contributed by atoms with van der Waals surface area (Å²) in [6.07, 6.45) is -3.39. The number of aromatic amines is 1. The molecule has 9 heteroatoms. The molecule has 0 bridgehead atoms. The number of aromatic nitrogens is 2. The molecule has 0 aliphatic carbocycles. The number of allylic oxidation sites excluding steroid dienone is 1. The Morgan fingerprint density at radius 2 is 1.90 bits per heavy atom. The van der Waals surface area contributed by atoms with Crippen LogP contribution in [0.5, 0.6) is 0 Å². The minimum Gasteiger partial charge on any atom is -0.369 e. The van der Waals surface area contributed by atoms with Crippen molar-refractivity contribution in [2.45, 2.75) is 44.8 Å². The number of carbonyl (C=O) groups is 1. The van der Waals surface area contributed by atoms with Crippen molar-refractivity contribution in [3.8, 4) is 0 Å². The number of hydrogen-bond acceptors (Lipinski definition) is 3. The first-order chi connectivity index (χ1) is 14.7. The molecule has 5 nitrogen and oxygen atoms in total. The van der Waals surface area contributed by atoms with Crippen LogP contribution in [-0.4, -0.2) is 45.5 Å². The van der Waals surface area contributed by atoms with E-state index in [9.17, 15) is 22.4 Å². The third-order valence-corrected chi connectivity index (χ3v) is 6.23. The van der Waals surface area contributed by atoms with E-state index >= 15 is 0 Å². The molecule has 1 fully saturated rings. The van der Waals surface area contributed by atoms with Crippen LogP contribution >= 0.6 is 0 Å². The van der Waals surface area contributed by atoms with Gasteiger partial charge in [-0.3, -0.25) is 9.89 Å². The van der Waals surface area contributed by atoms with Gasteiger partial charge < -0.3 is 9.80 Å². The van der Waals surface area contributed by atoms with Gasteiger partial charge in [-0.05, 0) is 43.7 Å². The zero-order valence-corrected chi connectivity index (χ0v) is 17.2. The van der Waals surface area contributed by atoms with Crippen LogP contribution in [0.4, 0.5) is 17.6 Å². The number of carbonyl (C=O) groups excluding carboxylic acids is 1. The Hall–Kier alpha value is -2.84. The lowest BCUT2D eigenvalue weighted by molar-refractivity contribution is -0.140. The van der Waals surface area contributed by atoms with Gasteiger partial charge in [0.25, 0.3) is 5.91 Å². The molecule has 1 saturated heterocycles. The molecule has 3 heterocycles. The van der Waals surface area contributed by atoms with Crippen LogP contribution < -0.4 is 0 Å². The second-order valence-corrected chi connectivity index (χ2v) is 8.20. The van der Waals surface area contributed by atoms with Crippen LogP contribution in [0.1, 0.15) is 58.6 Å². The number of H-pyrrole nitrogens is 1. The summed E-state index contributed by atoms with van der Waals surface area (Å²) >= 11 is 0. The molecule has 4 rings (SSSR count). The highest BCUT2D eigenvalue weighted by molar-refractivity contribution is 5.94. The highest BCUT2D eigenvalue weighted by atomic mass is 19.4. The first kappa shape index (κ1) is 21.4. The van der Waals surface area contributed by atoms with Crippen LogP contribution in [0.3, 0.4) is 0 Å². The van der Waals surface area contributed by atoms with E-state index in [4.69, 9.17) is 0 Å². The average Bonchev–Trinajstić information content (AvgIpc) is 3.15. The Morgan fingerprint density at radius 3 is 2.55 bits per heavy atom. The SMILES string of the molecule is C=C(C)N1CCc2c(C(=O)N3CCC(c4cccc(F)c4C(F)(F)F)CC3)n[nH]c2C1. The number of nitrogens with zero attached hydrogens (tertiary/aromatic N) is 3. The second kappa shape index (κ2) is 8.01. The maximum Gasteiger partial charge on any atom is 0.419 e. The summed E-state index contributed by atoms with van der Waals surface area (Å²) in [4.78, 5) is 16.8. The highest BCUT2D eigenvalue weighted by Gasteiger charge is 2.39. The summed E-state index contributed by atoms with van der Waals surface area (Å²) in [5, 5.41) is 7.18. The van der Waals surface area contributed by atoms with Crippen molar-refractivity contribution >= 4 is 5.91 Å². The van der Waals surface area contributed by atoms with Gasteiger partial charge in [0.05, 0.1) is 17.8 Å². The van der Waals surface area contributed by atoms with Gasteiger partial charge in [0.1, 0.15) is 5.82 Å². The minimum atomic E-state index is -4.75. The van der Waals surface area contributed by atoms with Gasteiger partial charge in [0.2, 0.25) is 0 Å². The first-order valence-corrected chi connectivity index (χ1v) is 10.3. The quantitative estimate of drug-likeness (QED) is 0.722. The van der Waals surface area contributed by atoms with Gasteiger partial charge in [0, 0.05) is 30.9 Å². The molecule has 2 aliphatic rings. The standard InChI is InChI=1S/C22H24F4N4O/c1-13(2)30-11-8-16-18(12-30)27-28-20(16)21(31)29-9-6-14(7-10-29)15-4-3-5-17(23)19(15)22(24,25)26/h3-5,14H,1,6-12H2,2H3,(H,27,28). The van der Waals surface area contributed by atoms with Crippen molar-refractivity contribution in [2.75, 3.05) is 19.6 Å². The topological polar surface area (TPSA) is 52.2 Å². The van der Waals surface area contributed by atoms with Gasteiger partial charge in [0.15, 0.2) is 5.69 Å². The van der Waals surface area contributed by atoms with E-state index in [1.807, 2.05) is 6.92 Å². The lowest BCUT2D eigenvalue weighted by Crippen LogP contribution is -2.39. The summed E-state index contributed by atoms with van der Waals surface area (Å²) in [5.74, 6) is -1.92. The molecule has 1 aromatic carbocycles. The fourth-order valence-electron chi connectivity index (χ4n) is 4.54. The minimum absolute atomic E-state index is 0.0309. The molecular weight excluding hydrogens is 412 g/mol. The molecule has 2 aliphatic heterocycles. The van der Waals surface area contributed by atoms with Gasteiger partial charge >= 0.3 is 6.18 Å². The second-order valence-electron chi connectivity index (χ2n) is 8.20. The van der Waals surface area contributed by atoms with Crippen LogP contribution in [0.15, 0.2) is 30.5 Å². The number of nitrogens with one attached hydrogen (secondary N) is 1. The summed E-state index contributed by atoms with van der Waals surface area (Å²) in [7, 11) is 0. The molecular formula is C22H24F4N4O. The maximum absolute atomic E-state index is 13.9. The lowest BCUT2D eigenvalue weighted by atomic mass is 9.86. The maximum atomic E-state index is 13.9. The van der Waals surface area contributed by atoms with E-state index in [1.165, 1.54) is 12.1 Å². The molecule has 0 radical (unpaired) electrons. The Balaban J connectivity index is 1.47. The van der Waals surface area contributed by atoms with E-state index in [0.29, 0.717) is 44.6 Å². The van der Waals surface area contributed by atoms with E-state index in [0.717, 1.165) is 29.6 Å². The smallest absolute Gasteiger partial charge is 0.369 e. The average molecular weight is 436 g/mol. The number of likely N-dealkylation sites (tertiary alicyclic amines) is 1. The number of piperidine rings is 1. The fraction of sp³-hybridized carbons (Fsp3) is 0.455. The molecule has 1 amide bonds. The Morgan fingerprint density at radius 1 is 1.19 bits per heavy atom. The monoisotopic (exact) mass is 436 g/mol. The summed E-state index contributed by atoms with van der Waals surface area (Å²) in [6.45, 7) is 7.86. The summed E-state index contributed by atoms with van der Waals surface area (Å²) < 4.78 is 54.0. The summed E-state index contributed by atoms with van der Waals surface area (Å²) in [6, 6.07) is 3.48. The summed E-state index contributed by atoms with van der Waals surface area (Å²) in [5.41, 5.74) is 1.90. The number of alkyl halides is 3. The van der Waals surface area contributed by atoms with Crippen molar-refractivity contribution in [1.29, 1.82) is 0 Å². The van der Waals surface area contributed by atoms with Crippen molar-refractivity contribution in [1.82, 2.24) is 20.0 Å². The van der Waals surface area contributed by atoms with Gasteiger partial charge in [-0.15, -0.1) is 0 Å². The number of halogens is 4. The normalized spacial score (nSPS) is 17.6. The van der Waals surface area contributed by atoms with Crippen molar-refractivity contribution in [3.05, 3.63) is 64.4 Å². The molecule has 1 N–H and O–H groups in total.